The molecule has 8 heteroatoms. The van der Waals surface area contributed by atoms with E-state index in [-0.39, 0.29) is 16.8 Å². The molecule has 3 aromatic rings. The summed E-state index contributed by atoms with van der Waals surface area (Å²) in [6, 6.07) is 17.0. The Balaban J connectivity index is 1.39. The Labute approximate surface area is 193 Å². The predicted molar refractivity (Wildman–Crippen MR) is 126 cm³/mol. The Bertz CT molecular complexity index is 1340. The quantitative estimate of drug-likeness (QED) is 0.627. The van der Waals surface area contributed by atoms with E-state index in [1.54, 1.807) is 60.7 Å². The molecule has 3 aromatic carbocycles. The van der Waals surface area contributed by atoms with Gasteiger partial charge in [-0.3, -0.25) is 9.10 Å². The smallest absolute Gasteiger partial charge is 0.264 e. The van der Waals surface area contributed by atoms with Gasteiger partial charge in [-0.25, -0.2) is 8.42 Å². The number of carbonyl (C=O) groups is 1. The van der Waals surface area contributed by atoms with E-state index in [9.17, 15) is 13.2 Å². The molecule has 5 rings (SSSR count). The highest BCUT2D eigenvalue weighted by atomic mass is 32.2. The van der Waals surface area contributed by atoms with Crippen molar-refractivity contribution in [2.75, 3.05) is 22.8 Å². The summed E-state index contributed by atoms with van der Waals surface area (Å²) in [7, 11) is -3.70. The number of hydrogen-bond acceptors (Lipinski definition) is 5. The van der Waals surface area contributed by atoms with Crippen LogP contribution in [0.4, 0.5) is 11.4 Å². The van der Waals surface area contributed by atoms with Gasteiger partial charge >= 0.3 is 0 Å². The van der Waals surface area contributed by atoms with E-state index >= 15 is 0 Å². The lowest BCUT2D eigenvalue weighted by atomic mass is 10.1. The number of aryl methyl sites for hydroxylation is 1. The zero-order valence-electron chi connectivity index (χ0n) is 18.4. The minimum absolute atomic E-state index is 0.248. The van der Waals surface area contributed by atoms with Gasteiger partial charge < -0.3 is 14.8 Å². The average molecular weight is 465 g/mol. The first-order valence-electron chi connectivity index (χ1n) is 10.8. The SMILES string of the molecule is Cc1ccc(S(=O)(=O)N2c3ccc(C(=O)Nc4ccc5c(c4)OCCO5)cc3C[C@@H]2C)cc1. The third kappa shape index (κ3) is 3.91. The Morgan fingerprint density at radius 1 is 0.970 bits per heavy atom. The third-order valence-corrected chi connectivity index (χ3v) is 7.81. The zero-order chi connectivity index (χ0) is 23.2. The van der Waals surface area contributed by atoms with Gasteiger partial charge in [0, 0.05) is 23.4 Å². The van der Waals surface area contributed by atoms with Gasteiger partial charge in [0.1, 0.15) is 13.2 Å². The molecule has 0 spiro atoms. The molecule has 0 aliphatic carbocycles. The number of benzene rings is 3. The van der Waals surface area contributed by atoms with Crippen molar-refractivity contribution >= 4 is 27.3 Å². The first-order valence-corrected chi connectivity index (χ1v) is 12.2. The van der Waals surface area contributed by atoms with Crippen molar-refractivity contribution in [1.29, 1.82) is 0 Å². The summed E-state index contributed by atoms with van der Waals surface area (Å²) in [5, 5.41) is 2.88. The maximum Gasteiger partial charge on any atom is 0.264 e. The average Bonchev–Trinajstić information content (AvgIpc) is 3.15. The number of anilines is 2. The molecule has 1 atom stereocenters. The second-order valence-electron chi connectivity index (χ2n) is 8.32. The van der Waals surface area contributed by atoms with E-state index in [0.717, 1.165) is 11.1 Å². The number of nitrogens with zero attached hydrogens (tertiary/aromatic N) is 1. The lowest BCUT2D eigenvalue weighted by molar-refractivity contribution is 0.102. The van der Waals surface area contributed by atoms with Crippen molar-refractivity contribution in [3.8, 4) is 11.5 Å². The minimum atomic E-state index is -3.70. The van der Waals surface area contributed by atoms with Crippen LogP contribution in [-0.2, 0) is 16.4 Å². The number of sulfonamides is 1. The second kappa shape index (κ2) is 8.12. The summed E-state index contributed by atoms with van der Waals surface area (Å²) in [4.78, 5) is 13.1. The first kappa shape index (κ1) is 21.3. The fourth-order valence-electron chi connectivity index (χ4n) is 4.26. The maximum atomic E-state index is 13.3. The van der Waals surface area contributed by atoms with E-state index < -0.39 is 10.0 Å². The summed E-state index contributed by atoms with van der Waals surface area (Å²) in [5.74, 6) is 0.974. The van der Waals surface area contributed by atoms with Crippen molar-refractivity contribution in [1.82, 2.24) is 0 Å². The van der Waals surface area contributed by atoms with Crippen LogP contribution in [0.5, 0.6) is 11.5 Å². The molecule has 0 bridgehead atoms. The van der Waals surface area contributed by atoms with E-state index in [2.05, 4.69) is 5.32 Å². The van der Waals surface area contributed by atoms with Crippen molar-refractivity contribution in [2.45, 2.75) is 31.2 Å². The number of hydrogen-bond donors (Lipinski definition) is 1. The first-order chi connectivity index (χ1) is 15.8. The topological polar surface area (TPSA) is 84.9 Å². The molecule has 2 heterocycles. The van der Waals surface area contributed by atoms with Gasteiger partial charge in [0.15, 0.2) is 11.5 Å². The molecule has 170 valence electrons. The summed E-state index contributed by atoms with van der Waals surface area (Å²) < 4.78 is 39.2. The minimum Gasteiger partial charge on any atom is -0.486 e. The highest BCUT2D eigenvalue weighted by Crippen LogP contribution is 2.38. The molecular formula is C25H24N2O5S. The van der Waals surface area contributed by atoms with Crippen molar-refractivity contribution in [3.05, 3.63) is 77.4 Å². The molecule has 0 saturated carbocycles. The summed E-state index contributed by atoms with van der Waals surface area (Å²) in [5.41, 5.74) is 3.50. The van der Waals surface area contributed by atoms with Crippen LogP contribution in [0.2, 0.25) is 0 Å². The van der Waals surface area contributed by atoms with Crippen LogP contribution >= 0.6 is 0 Å². The van der Waals surface area contributed by atoms with Crippen LogP contribution in [-0.4, -0.2) is 33.6 Å². The molecule has 0 fully saturated rings. The maximum absolute atomic E-state index is 13.3. The van der Waals surface area contributed by atoms with Crippen molar-refractivity contribution in [2.24, 2.45) is 0 Å². The molecular weight excluding hydrogens is 440 g/mol. The van der Waals surface area contributed by atoms with Crippen molar-refractivity contribution in [3.63, 3.8) is 0 Å². The molecule has 0 unspecified atom stereocenters. The van der Waals surface area contributed by atoms with Crippen LogP contribution in [0.1, 0.15) is 28.4 Å². The Hall–Kier alpha value is -3.52. The van der Waals surface area contributed by atoms with Gasteiger partial charge in [-0.2, -0.15) is 0 Å². The Morgan fingerprint density at radius 3 is 2.45 bits per heavy atom. The van der Waals surface area contributed by atoms with Crippen molar-refractivity contribution < 1.29 is 22.7 Å². The zero-order valence-corrected chi connectivity index (χ0v) is 19.2. The molecule has 33 heavy (non-hydrogen) atoms. The number of carbonyl (C=O) groups excluding carboxylic acids is 1. The Kier molecular flexibility index (Phi) is 5.25. The lowest BCUT2D eigenvalue weighted by Gasteiger charge is -2.24. The number of rotatable bonds is 4. The van der Waals surface area contributed by atoms with E-state index in [0.29, 0.717) is 48.1 Å². The van der Waals surface area contributed by atoms with Gasteiger partial charge in [-0.1, -0.05) is 17.7 Å². The summed E-state index contributed by atoms with van der Waals surface area (Å²) >= 11 is 0. The van der Waals surface area contributed by atoms with Gasteiger partial charge in [-0.05, 0) is 68.3 Å². The molecule has 0 saturated heterocycles. The van der Waals surface area contributed by atoms with Gasteiger partial charge in [0.25, 0.3) is 15.9 Å². The highest BCUT2D eigenvalue weighted by Gasteiger charge is 2.36. The van der Waals surface area contributed by atoms with Gasteiger partial charge in [0.2, 0.25) is 0 Å². The largest absolute Gasteiger partial charge is 0.486 e. The number of amides is 1. The molecule has 0 aromatic heterocycles. The van der Waals surface area contributed by atoms with E-state index in [1.807, 2.05) is 13.8 Å². The monoisotopic (exact) mass is 464 g/mol. The fourth-order valence-corrected chi connectivity index (χ4v) is 5.95. The molecule has 7 nitrogen and oxygen atoms in total. The molecule has 2 aliphatic heterocycles. The van der Waals surface area contributed by atoms with Crippen LogP contribution in [0.15, 0.2) is 65.6 Å². The number of ether oxygens (including phenoxy) is 2. The van der Waals surface area contributed by atoms with E-state index in [1.165, 1.54) is 4.31 Å². The van der Waals surface area contributed by atoms with Crippen LogP contribution < -0.4 is 19.1 Å². The van der Waals surface area contributed by atoms with E-state index in [4.69, 9.17) is 9.47 Å². The number of nitrogens with one attached hydrogen (secondary N) is 1. The Morgan fingerprint density at radius 2 is 1.70 bits per heavy atom. The normalized spacial score (nSPS) is 16.9. The van der Waals surface area contributed by atoms with Gasteiger partial charge in [0.05, 0.1) is 10.6 Å². The second-order valence-corrected chi connectivity index (χ2v) is 10.1. The van der Waals surface area contributed by atoms with Crippen LogP contribution in [0, 0.1) is 6.92 Å². The highest BCUT2D eigenvalue weighted by molar-refractivity contribution is 7.92. The standard InChI is InChI=1S/C25H24N2O5S/c1-16-3-7-21(8-4-16)33(29,30)27-17(2)13-19-14-18(5-9-22(19)27)25(28)26-20-6-10-23-24(15-20)32-12-11-31-23/h3-10,14-15,17H,11-13H2,1-2H3,(H,26,28)/t17-/m0/s1. The van der Waals surface area contributed by atoms with Crippen LogP contribution in [0.25, 0.3) is 0 Å². The molecule has 0 radical (unpaired) electrons. The predicted octanol–water partition coefficient (Wildman–Crippen LogP) is 4.16. The fraction of sp³-hybridized carbons (Fsp3) is 0.240. The lowest BCUT2D eigenvalue weighted by Crippen LogP contribution is -2.35. The molecule has 1 amide bonds. The number of fused-ring (bicyclic) bond motifs is 2. The van der Waals surface area contributed by atoms with Gasteiger partial charge in [-0.15, -0.1) is 0 Å². The molecule has 2 aliphatic rings. The summed E-state index contributed by atoms with van der Waals surface area (Å²) in [6.45, 7) is 4.76. The van der Waals surface area contributed by atoms with Crippen LogP contribution in [0.3, 0.4) is 0 Å². The molecule has 1 N–H and O–H groups in total. The summed E-state index contributed by atoms with van der Waals surface area (Å²) in [6.07, 6.45) is 0.533. The third-order valence-electron chi connectivity index (χ3n) is 5.87.